The Morgan fingerprint density at radius 2 is 1.10 bits per heavy atom. The van der Waals surface area contributed by atoms with Gasteiger partial charge in [0, 0.05) is 41.5 Å². The monoisotopic (exact) mass is 560 g/mol. The van der Waals surface area contributed by atoms with Crippen molar-refractivity contribution in [3.63, 3.8) is 0 Å². The molecule has 39 heavy (non-hydrogen) atoms. The third-order valence-electron chi connectivity index (χ3n) is 5.19. The third kappa shape index (κ3) is 9.83. The molecule has 0 N–H and O–H groups in total. The lowest BCUT2D eigenvalue weighted by Gasteiger charge is -2.44. The smallest absolute Gasteiger partial charge is 0.303 e. The Bertz CT molecular complexity index is 959. The highest BCUT2D eigenvalue weighted by Gasteiger charge is 2.53. The van der Waals surface area contributed by atoms with Crippen molar-refractivity contribution < 1.29 is 71.4 Å². The van der Waals surface area contributed by atoms with E-state index in [0.29, 0.717) is 0 Å². The van der Waals surface area contributed by atoms with E-state index in [1.54, 1.807) is 0 Å². The number of esters is 6. The maximum atomic E-state index is 11.9. The van der Waals surface area contributed by atoms with Crippen LogP contribution in [0.4, 0.5) is 0 Å². The van der Waals surface area contributed by atoms with E-state index in [9.17, 15) is 28.8 Å². The minimum atomic E-state index is -1.48. The minimum absolute atomic E-state index is 0.381. The molecule has 0 radical (unpaired) electrons. The predicted octanol–water partition coefficient (Wildman–Crippen LogP) is -0.138. The van der Waals surface area contributed by atoms with E-state index >= 15 is 0 Å². The van der Waals surface area contributed by atoms with Crippen LogP contribution in [0.25, 0.3) is 0 Å². The molecule has 15 heteroatoms. The van der Waals surface area contributed by atoms with E-state index in [4.69, 9.17) is 42.6 Å². The van der Waals surface area contributed by atoms with Crippen LogP contribution in [0.1, 0.15) is 41.5 Å². The molecule has 0 spiro atoms. The maximum Gasteiger partial charge on any atom is 0.303 e. The van der Waals surface area contributed by atoms with Crippen LogP contribution in [0, 0.1) is 0 Å². The van der Waals surface area contributed by atoms with E-state index in [-0.39, 0.29) is 6.61 Å². The van der Waals surface area contributed by atoms with Gasteiger partial charge < -0.3 is 42.6 Å². The second-order valence-corrected chi connectivity index (χ2v) is 8.55. The fourth-order valence-electron chi connectivity index (χ4n) is 3.90. The quantitative estimate of drug-likeness (QED) is 0.254. The normalized spacial score (nSPS) is 29.7. The second kappa shape index (κ2) is 14.4. The van der Waals surface area contributed by atoms with Gasteiger partial charge in [-0.05, 0) is 6.08 Å². The van der Waals surface area contributed by atoms with E-state index in [1.165, 1.54) is 19.3 Å². The molecular weight excluding hydrogens is 528 g/mol. The van der Waals surface area contributed by atoms with Gasteiger partial charge in [-0.1, -0.05) is 0 Å². The van der Waals surface area contributed by atoms with Crippen LogP contribution < -0.4 is 0 Å². The summed E-state index contributed by atoms with van der Waals surface area (Å²) in [6.45, 7) is 5.92. The van der Waals surface area contributed by atoms with Gasteiger partial charge in [0.15, 0.2) is 42.9 Å². The van der Waals surface area contributed by atoms with Gasteiger partial charge in [0.25, 0.3) is 0 Å². The first-order valence-corrected chi connectivity index (χ1v) is 11.9. The van der Waals surface area contributed by atoms with Crippen LogP contribution >= 0.6 is 0 Å². The summed E-state index contributed by atoms with van der Waals surface area (Å²) in [5.41, 5.74) is 0. The van der Waals surface area contributed by atoms with Crippen LogP contribution in [0.3, 0.4) is 0 Å². The molecule has 1 fully saturated rings. The molecule has 8 atom stereocenters. The molecule has 2 aliphatic rings. The van der Waals surface area contributed by atoms with Crippen molar-refractivity contribution in [1.29, 1.82) is 0 Å². The molecule has 2 rings (SSSR count). The zero-order valence-corrected chi connectivity index (χ0v) is 22.3. The zero-order chi connectivity index (χ0) is 29.3. The van der Waals surface area contributed by atoms with Gasteiger partial charge in [-0.2, -0.15) is 0 Å². The predicted molar refractivity (Wildman–Crippen MR) is 123 cm³/mol. The molecule has 0 aromatic heterocycles. The molecule has 15 nitrogen and oxygen atoms in total. The van der Waals surface area contributed by atoms with Crippen LogP contribution in [0.5, 0.6) is 0 Å². The number of carbonyl (C=O) groups is 6. The molecule has 0 amide bonds. The fourth-order valence-corrected chi connectivity index (χ4v) is 3.90. The van der Waals surface area contributed by atoms with E-state index in [0.717, 1.165) is 34.6 Å². The summed E-state index contributed by atoms with van der Waals surface area (Å²) in [6, 6.07) is 0. The van der Waals surface area contributed by atoms with Crippen molar-refractivity contribution in [3.8, 4) is 0 Å². The first-order chi connectivity index (χ1) is 18.3. The molecule has 2 heterocycles. The molecule has 0 aliphatic carbocycles. The highest BCUT2D eigenvalue weighted by Crippen LogP contribution is 2.31. The summed E-state index contributed by atoms with van der Waals surface area (Å²) in [5, 5.41) is 0. The maximum absolute atomic E-state index is 11.9. The Morgan fingerprint density at radius 3 is 1.64 bits per heavy atom. The van der Waals surface area contributed by atoms with E-state index in [1.807, 2.05) is 0 Å². The van der Waals surface area contributed by atoms with Crippen LogP contribution in [0.2, 0.25) is 0 Å². The summed E-state index contributed by atoms with van der Waals surface area (Å²) in [6.07, 6.45) is -7.49. The van der Waals surface area contributed by atoms with Crippen LogP contribution in [-0.4, -0.2) is 98.0 Å². The lowest BCUT2D eigenvalue weighted by atomic mass is 9.98. The number of rotatable bonds is 10. The number of hydrogen-bond donors (Lipinski definition) is 0. The lowest BCUT2D eigenvalue weighted by Crippen LogP contribution is -2.63. The van der Waals surface area contributed by atoms with Crippen molar-refractivity contribution in [1.82, 2.24) is 0 Å². The molecule has 1 saturated heterocycles. The Morgan fingerprint density at radius 1 is 0.590 bits per heavy atom. The zero-order valence-electron chi connectivity index (χ0n) is 22.3. The Kier molecular flexibility index (Phi) is 11.7. The highest BCUT2D eigenvalue weighted by atomic mass is 16.7. The Balaban J connectivity index is 2.37. The van der Waals surface area contributed by atoms with E-state index < -0.39 is 91.4 Å². The van der Waals surface area contributed by atoms with Gasteiger partial charge in [-0.15, -0.1) is 0 Å². The molecule has 218 valence electrons. The summed E-state index contributed by atoms with van der Waals surface area (Å²) < 4.78 is 48.7. The van der Waals surface area contributed by atoms with Crippen LogP contribution in [0.15, 0.2) is 12.3 Å². The topological polar surface area (TPSA) is 185 Å². The number of ether oxygens (including phenoxy) is 9. The summed E-state index contributed by atoms with van der Waals surface area (Å²) >= 11 is 0. The molecular formula is C24H32O15. The van der Waals surface area contributed by atoms with Gasteiger partial charge in [0.05, 0.1) is 12.9 Å². The average Bonchev–Trinajstić information content (AvgIpc) is 2.79. The number of hydrogen-bond acceptors (Lipinski definition) is 15. The van der Waals surface area contributed by atoms with Crippen molar-refractivity contribution >= 4 is 35.8 Å². The van der Waals surface area contributed by atoms with Crippen LogP contribution in [-0.2, 0) is 71.4 Å². The first kappa shape index (κ1) is 31.5. The summed E-state index contributed by atoms with van der Waals surface area (Å²) in [5.74, 6) is -4.39. The van der Waals surface area contributed by atoms with Gasteiger partial charge >= 0.3 is 35.8 Å². The molecule has 0 aromatic rings. The lowest BCUT2D eigenvalue weighted by molar-refractivity contribution is -0.313. The Labute approximate surface area is 223 Å². The number of carbonyl (C=O) groups excluding carboxylic acids is 6. The Hall–Kier alpha value is -3.72. The molecule has 0 bridgehead atoms. The van der Waals surface area contributed by atoms with Gasteiger partial charge in [0.1, 0.15) is 12.7 Å². The molecule has 2 aliphatic heterocycles. The van der Waals surface area contributed by atoms with E-state index in [2.05, 4.69) is 0 Å². The summed E-state index contributed by atoms with van der Waals surface area (Å²) in [7, 11) is 0. The first-order valence-electron chi connectivity index (χ1n) is 11.9. The van der Waals surface area contributed by atoms with Gasteiger partial charge in [-0.25, -0.2) is 0 Å². The van der Waals surface area contributed by atoms with Gasteiger partial charge in [0.2, 0.25) is 0 Å². The third-order valence-corrected chi connectivity index (χ3v) is 5.19. The molecule has 0 unspecified atom stereocenters. The molecule has 0 aromatic carbocycles. The van der Waals surface area contributed by atoms with Crippen molar-refractivity contribution in [2.24, 2.45) is 0 Å². The average molecular weight is 561 g/mol. The SMILES string of the molecule is CC(=O)OC[C@H]1O[C@@H](OC[C@H]2OC=C[C@@H](OC(C)=O)[C@@H]2OC(C)=O)[C@H](OC(C)=O)[C@@H](OC(C)=O)[C@H]1OC(C)=O. The summed E-state index contributed by atoms with van der Waals surface area (Å²) in [4.78, 5) is 70.4. The van der Waals surface area contributed by atoms with Crippen molar-refractivity contribution in [3.05, 3.63) is 12.3 Å². The van der Waals surface area contributed by atoms with Gasteiger partial charge in [-0.3, -0.25) is 28.8 Å². The standard InChI is InChI=1S/C24H32O15/c1-11(25)32-10-19-21(36-14(4)28)22(37-15(5)29)23(38-16(6)30)24(39-19)33-9-18-20(35-13(3)27)17(7-8-31-18)34-12(2)26/h7-8,17-24H,9-10H2,1-6H3/t17-,18-,19-,20+,21+,22+,23-,24-/m1/s1. The van der Waals surface area contributed by atoms with Crippen molar-refractivity contribution in [2.45, 2.75) is 90.6 Å². The molecule has 0 saturated carbocycles. The second-order valence-electron chi connectivity index (χ2n) is 8.55. The highest BCUT2D eigenvalue weighted by molar-refractivity contribution is 5.69. The minimum Gasteiger partial charge on any atom is -0.492 e. The fraction of sp³-hybridized carbons (Fsp3) is 0.667. The largest absolute Gasteiger partial charge is 0.492 e. The van der Waals surface area contributed by atoms with Crippen molar-refractivity contribution in [2.75, 3.05) is 13.2 Å².